The number of para-hydroxylation sites is 1. The molecular weight excluding hydrogens is 338 g/mol. The molecule has 5 nitrogen and oxygen atoms in total. The second-order valence-electron chi connectivity index (χ2n) is 6.04. The normalized spacial score (nSPS) is 10.3. The molecule has 1 aromatic heterocycles. The number of nitrogens with zero attached hydrogens (tertiary/aromatic N) is 2. The van der Waals surface area contributed by atoms with Crippen molar-refractivity contribution in [3.05, 3.63) is 90.3 Å². The number of pyridine rings is 1. The molecule has 2 amide bonds. The molecule has 136 valence electrons. The third kappa shape index (κ3) is 4.79. The molecule has 0 aliphatic carbocycles. The summed E-state index contributed by atoms with van der Waals surface area (Å²) in [6.45, 7) is 2.57. The van der Waals surface area contributed by atoms with Crippen LogP contribution in [0.1, 0.15) is 22.8 Å². The summed E-state index contributed by atoms with van der Waals surface area (Å²) in [7, 11) is 0. The highest BCUT2D eigenvalue weighted by Crippen LogP contribution is 2.16. The summed E-state index contributed by atoms with van der Waals surface area (Å²) in [5, 5.41) is 2.84. The van der Waals surface area contributed by atoms with E-state index in [1.165, 1.54) is 0 Å². The Morgan fingerprint density at radius 2 is 1.59 bits per heavy atom. The Kier molecular flexibility index (Phi) is 5.94. The van der Waals surface area contributed by atoms with E-state index in [1.807, 2.05) is 49.4 Å². The Bertz CT molecular complexity index is 894. The second kappa shape index (κ2) is 8.76. The van der Waals surface area contributed by atoms with Crippen molar-refractivity contribution in [3.63, 3.8) is 0 Å². The smallest absolute Gasteiger partial charge is 0.255 e. The number of carbonyl (C=O) groups excluding carboxylic acids is 2. The van der Waals surface area contributed by atoms with Crippen molar-refractivity contribution in [1.29, 1.82) is 0 Å². The summed E-state index contributed by atoms with van der Waals surface area (Å²) in [5.41, 5.74) is 3.02. The molecule has 0 saturated heterocycles. The highest BCUT2D eigenvalue weighted by Gasteiger charge is 2.14. The zero-order chi connectivity index (χ0) is 19.1. The van der Waals surface area contributed by atoms with Crippen LogP contribution >= 0.6 is 0 Å². The van der Waals surface area contributed by atoms with Crippen molar-refractivity contribution >= 4 is 23.2 Å². The predicted octanol–water partition coefficient (Wildman–Crippen LogP) is 3.93. The van der Waals surface area contributed by atoms with E-state index in [2.05, 4.69) is 10.3 Å². The van der Waals surface area contributed by atoms with E-state index in [9.17, 15) is 9.59 Å². The fraction of sp³-hybridized carbons (Fsp3) is 0.136. The first-order chi connectivity index (χ1) is 13.2. The zero-order valence-electron chi connectivity index (χ0n) is 15.1. The molecule has 0 spiro atoms. The highest BCUT2D eigenvalue weighted by molar-refractivity contribution is 6.04. The Morgan fingerprint density at radius 3 is 2.22 bits per heavy atom. The summed E-state index contributed by atoms with van der Waals surface area (Å²) in [6, 6.07) is 20.3. The molecule has 0 saturated carbocycles. The molecular formula is C22H21N3O2. The van der Waals surface area contributed by atoms with Crippen LogP contribution in [0.2, 0.25) is 0 Å². The summed E-state index contributed by atoms with van der Waals surface area (Å²) < 4.78 is 0. The lowest BCUT2D eigenvalue weighted by Gasteiger charge is -2.21. The fourth-order valence-corrected chi connectivity index (χ4v) is 2.79. The van der Waals surface area contributed by atoms with Gasteiger partial charge in [0, 0.05) is 35.9 Å². The van der Waals surface area contributed by atoms with E-state index >= 15 is 0 Å². The lowest BCUT2D eigenvalue weighted by atomic mass is 10.1. The van der Waals surface area contributed by atoms with Crippen LogP contribution in [0.5, 0.6) is 0 Å². The van der Waals surface area contributed by atoms with Gasteiger partial charge in [-0.15, -0.1) is 0 Å². The van der Waals surface area contributed by atoms with Crippen LogP contribution in [0.15, 0.2) is 79.1 Å². The van der Waals surface area contributed by atoms with Gasteiger partial charge in [-0.05, 0) is 48.9 Å². The van der Waals surface area contributed by atoms with Gasteiger partial charge in [-0.25, -0.2) is 0 Å². The van der Waals surface area contributed by atoms with Gasteiger partial charge in [-0.1, -0.05) is 30.3 Å². The minimum absolute atomic E-state index is 0.0391. The van der Waals surface area contributed by atoms with Gasteiger partial charge in [0.1, 0.15) is 0 Å². The van der Waals surface area contributed by atoms with E-state index in [0.717, 1.165) is 11.3 Å². The number of rotatable bonds is 6. The summed E-state index contributed by atoms with van der Waals surface area (Å²) >= 11 is 0. The number of aromatic nitrogens is 1. The molecule has 0 aliphatic rings. The number of likely N-dealkylation sites (N-methyl/N-ethyl adjacent to an activating group) is 1. The first-order valence-corrected chi connectivity index (χ1v) is 8.83. The monoisotopic (exact) mass is 359 g/mol. The van der Waals surface area contributed by atoms with E-state index in [-0.39, 0.29) is 11.8 Å². The molecule has 3 rings (SSSR count). The molecule has 0 unspecified atom stereocenters. The lowest BCUT2D eigenvalue weighted by molar-refractivity contribution is -0.117. The number of nitrogens with one attached hydrogen (secondary N) is 1. The first kappa shape index (κ1) is 18.3. The number of benzene rings is 2. The van der Waals surface area contributed by atoms with Crippen molar-refractivity contribution in [1.82, 2.24) is 4.98 Å². The maximum Gasteiger partial charge on any atom is 0.255 e. The van der Waals surface area contributed by atoms with E-state index in [1.54, 1.807) is 41.6 Å². The maximum atomic E-state index is 12.6. The van der Waals surface area contributed by atoms with Gasteiger partial charge in [0.05, 0.1) is 6.42 Å². The number of anilines is 2. The molecule has 2 aromatic carbocycles. The number of carbonyl (C=O) groups is 2. The number of hydrogen-bond donors (Lipinski definition) is 1. The van der Waals surface area contributed by atoms with Crippen LogP contribution in [-0.2, 0) is 11.2 Å². The van der Waals surface area contributed by atoms with E-state index < -0.39 is 0 Å². The number of hydrogen-bond acceptors (Lipinski definition) is 3. The van der Waals surface area contributed by atoms with Crippen LogP contribution in [0.3, 0.4) is 0 Å². The van der Waals surface area contributed by atoms with Gasteiger partial charge < -0.3 is 10.2 Å². The van der Waals surface area contributed by atoms with Crippen LogP contribution in [0.25, 0.3) is 0 Å². The average molecular weight is 359 g/mol. The standard InChI is InChI=1S/C22H21N3O2/c1-2-25(20-6-4-3-5-7-20)21(26)16-17-8-10-19(11-9-17)24-22(27)18-12-14-23-15-13-18/h3-15H,2,16H2,1H3,(H,24,27). The Balaban J connectivity index is 1.63. The molecule has 0 fully saturated rings. The van der Waals surface area contributed by atoms with Gasteiger partial charge in [0.25, 0.3) is 5.91 Å². The van der Waals surface area contributed by atoms with Gasteiger partial charge in [-0.2, -0.15) is 0 Å². The van der Waals surface area contributed by atoms with Gasteiger partial charge in [-0.3, -0.25) is 14.6 Å². The van der Waals surface area contributed by atoms with Gasteiger partial charge in [0.2, 0.25) is 5.91 Å². The molecule has 5 heteroatoms. The van der Waals surface area contributed by atoms with Crippen LogP contribution in [-0.4, -0.2) is 23.3 Å². The minimum Gasteiger partial charge on any atom is -0.322 e. The third-order valence-electron chi connectivity index (χ3n) is 4.19. The van der Waals surface area contributed by atoms with Crippen LogP contribution in [0.4, 0.5) is 11.4 Å². The van der Waals surface area contributed by atoms with Crippen molar-refractivity contribution in [3.8, 4) is 0 Å². The molecule has 0 atom stereocenters. The van der Waals surface area contributed by atoms with Crippen molar-refractivity contribution in [2.24, 2.45) is 0 Å². The molecule has 1 heterocycles. The van der Waals surface area contributed by atoms with Crippen LogP contribution in [0, 0.1) is 0 Å². The van der Waals surface area contributed by atoms with Gasteiger partial charge >= 0.3 is 0 Å². The SMILES string of the molecule is CCN(C(=O)Cc1ccc(NC(=O)c2ccncc2)cc1)c1ccccc1. The fourth-order valence-electron chi connectivity index (χ4n) is 2.79. The predicted molar refractivity (Wildman–Crippen MR) is 107 cm³/mol. The molecule has 3 aromatic rings. The highest BCUT2D eigenvalue weighted by atomic mass is 16.2. The zero-order valence-corrected chi connectivity index (χ0v) is 15.1. The Labute approximate surface area is 158 Å². The average Bonchev–Trinajstić information content (AvgIpc) is 2.71. The van der Waals surface area contributed by atoms with Crippen molar-refractivity contribution in [2.45, 2.75) is 13.3 Å². The Morgan fingerprint density at radius 1 is 0.926 bits per heavy atom. The summed E-state index contributed by atoms with van der Waals surface area (Å²) in [6.07, 6.45) is 3.47. The van der Waals surface area contributed by atoms with Crippen molar-refractivity contribution in [2.75, 3.05) is 16.8 Å². The first-order valence-electron chi connectivity index (χ1n) is 8.83. The molecule has 1 N–H and O–H groups in total. The largest absolute Gasteiger partial charge is 0.322 e. The quantitative estimate of drug-likeness (QED) is 0.725. The Hall–Kier alpha value is -3.47. The van der Waals surface area contributed by atoms with E-state index in [0.29, 0.717) is 24.2 Å². The van der Waals surface area contributed by atoms with Gasteiger partial charge in [0.15, 0.2) is 0 Å². The topological polar surface area (TPSA) is 62.3 Å². The number of amides is 2. The molecule has 27 heavy (non-hydrogen) atoms. The second-order valence-corrected chi connectivity index (χ2v) is 6.04. The molecule has 0 aliphatic heterocycles. The molecule has 0 bridgehead atoms. The van der Waals surface area contributed by atoms with E-state index in [4.69, 9.17) is 0 Å². The van der Waals surface area contributed by atoms with Crippen LogP contribution < -0.4 is 10.2 Å². The summed E-state index contributed by atoms with van der Waals surface area (Å²) in [4.78, 5) is 30.5. The lowest BCUT2D eigenvalue weighted by Crippen LogP contribution is -2.31. The third-order valence-corrected chi connectivity index (χ3v) is 4.19. The molecule has 0 radical (unpaired) electrons. The van der Waals surface area contributed by atoms with Crippen molar-refractivity contribution < 1.29 is 9.59 Å². The minimum atomic E-state index is -0.192. The summed E-state index contributed by atoms with van der Waals surface area (Å²) in [5.74, 6) is -0.153. The maximum absolute atomic E-state index is 12.6.